The molecule has 0 bridgehead atoms. The van der Waals surface area contributed by atoms with Crippen molar-refractivity contribution in [3.05, 3.63) is 101 Å². The second-order valence-electron chi connectivity index (χ2n) is 6.74. The lowest BCUT2D eigenvalue weighted by Crippen LogP contribution is -2.17. The first-order valence-electron chi connectivity index (χ1n) is 9.33. The number of amides is 1. The van der Waals surface area contributed by atoms with Crippen molar-refractivity contribution >= 4 is 22.9 Å². The molecule has 0 saturated heterocycles. The van der Waals surface area contributed by atoms with Crippen LogP contribution in [0.2, 0.25) is 0 Å². The van der Waals surface area contributed by atoms with E-state index in [4.69, 9.17) is 0 Å². The van der Waals surface area contributed by atoms with Crippen molar-refractivity contribution in [1.82, 2.24) is 9.97 Å². The smallest absolute Gasteiger partial charge is 0.321 e. The Bertz CT molecular complexity index is 1170. The third-order valence-electron chi connectivity index (χ3n) is 4.49. The summed E-state index contributed by atoms with van der Waals surface area (Å²) in [4.78, 5) is 19.9. The maximum atomic E-state index is 13.5. The number of alkyl halides is 3. The van der Waals surface area contributed by atoms with Gasteiger partial charge in [0.25, 0.3) is 5.91 Å². The highest BCUT2D eigenvalue weighted by Gasteiger charge is 2.39. The van der Waals surface area contributed by atoms with Crippen LogP contribution < -0.4 is 5.32 Å². The SMILES string of the molecule is O=C(Nc1ccc(Cc2ccncc2)cc1)c1sc(-c2ccccc2)nc1C(F)(F)F. The van der Waals surface area contributed by atoms with Gasteiger partial charge in [-0.1, -0.05) is 42.5 Å². The van der Waals surface area contributed by atoms with E-state index in [1.807, 2.05) is 24.3 Å². The Labute approximate surface area is 180 Å². The molecular formula is C23H16F3N3OS. The van der Waals surface area contributed by atoms with Crippen LogP contribution in [0.3, 0.4) is 0 Å². The fourth-order valence-corrected chi connectivity index (χ4v) is 3.99. The van der Waals surface area contributed by atoms with Crippen LogP contribution >= 0.6 is 11.3 Å². The van der Waals surface area contributed by atoms with Crippen molar-refractivity contribution in [3.63, 3.8) is 0 Å². The number of hydrogen-bond acceptors (Lipinski definition) is 4. The second kappa shape index (κ2) is 8.69. The molecule has 2 aromatic carbocycles. The van der Waals surface area contributed by atoms with Crippen LogP contribution in [0.5, 0.6) is 0 Å². The number of nitrogens with one attached hydrogen (secondary N) is 1. The summed E-state index contributed by atoms with van der Waals surface area (Å²) in [5.41, 5.74) is 1.84. The summed E-state index contributed by atoms with van der Waals surface area (Å²) >= 11 is 0.723. The van der Waals surface area contributed by atoms with E-state index in [1.165, 1.54) is 0 Å². The first-order chi connectivity index (χ1) is 14.9. The number of benzene rings is 2. The fourth-order valence-electron chi connectivity index (χ4n) is 3.00. The first-order valence-corrected chi connectivity index (χ1v) is 10.1. The molecule has 2 heterocycles. The van der Waals surface area contributed by atoms with Gasteiger partial charge in [0, 0.05) is 23.6 Å². The minimum atomic E-state index is -4.73. The fraction of sp³-hybridized carbons (Fsp3) is 0.0870. The molecule has 8 heteroatoms. The number of anilines is 1. The molecule has 0 spiro atoms. The zero-order valence-corrected chi connectivity index (χ0v) is 16.9. The Morgan fingerprint density at radius 1 is 0.903 bits per heavy atom. The summed E-state index contributed by atoms with van der Waals surface area (Å²) in [5, 5.41) is 2.69. The van der Waals surface area contributed by atoms with E-state index in [9.17, 15) is 18.0 Å². The van der Waals surface area contributed by atoms with Crippen LogP contribution in [0.15, 0.2) is 79.1 Å². The van der Waals surface area contributed by atoms with Crippen LogP contribution in [0.1, 0.15) is 26.5 Å². The number of halogens is 3. The number of pyridine rings is 1. The summed E-state index contributed by atoms with van der Waals surface area (Å²) in [7, 11) is 0. The van der Waals surface area contributed by atoms with E-state index in [0.717, 1.165) is 22.5 Å². The van der Waals surface area contributed by atoms with Crippen molar-refractivity contribution in [2.24, 2.45) is 0 Å². The van der Waals surface area contributed by atoms with Crippen molar-refractivity contribution in [1.29, 1.82) is 0 Å². The molecule has 0 unspecified atom stereocenters. The van der Waals surface area contributed by atoms with E-state index in [2.05, 4.69) is 15.3 Å². The average molecular weight is 439 g/mol. The molecule has 4 aromatic rings. The van der Waals surface area contributed by atoms with E-state index >= 15 is 0 Å². The molecule has 2 aromatic heterocycles. The number of thiazole rings is 1. The largest absolute Gasteiger partial charge is 0.435 e. The van der Waals surface area contributed by atoms with Gasteiger partial charge in [0.05, 0.1) is 0 Å². The molecule has 4 nitrogen and oxygen atoms in total. The highest BCUT2D eigenvalue weighted by molar-refractivity contribution is 7.17. The van der Waals surface area contributed by atoms with Crippen LogP contribution in [0.4, 0.5) is 18.9 Å². The van der Waals surface area contributed by atoms with Gasteiger partial charge in [0.15, 0.2) is 5.69 Å². The third kappa shape index (κ3) is 4.97. The lowest BCUT2D eigenvalue weighted by molar-refractivity contribution is -0.140. The molecule has 1 N–H and O–H groups in total. The zero-order chi connectivity index (χ0) is 21.8. The number of carbonyl (C=O) groups excluding carboxylic acids is 1. The molecule has 0 fully saturated rings. The topological polar surface area (TPSA) is 54.9 Å². The second-order valence-corrected chi connectivity index (χ2v) is 7.74. The van der Waals surface area contributed by atoms with E-state index in [0.29, 0.717) is 17.7 Å². The van der Waals surface area contributed by atoms with Crippen molar-refractivity contribution in [2.45, 2.75) is 12.6 Å². The Morgan fingerprint density at radius 3 is 2.19 bits per heavy atom. The summed E-state index contributed by atoms with van der Waals surface area (Å²) in [6, 6.07) is 19.3. The van der Waals surface area contributed by atoms with Crippen molar-refractivity contribution in [2.75, 3.05) is 5.32 Å². The van der Waals surface area contributed by atoms with E-state index < -0.39 is 22.7 Å². The molecule has 31 heavy (non-hydrogen) atoms. The number of nitrogens with zero attached hydrogens (tertiary/aromatic N) is 2. The van der Waals surface area contributed by atoms with Gasteiger partial charge >= 0.3 is 6.18 Å². The first kappa shape index (κ1) is 20.7. The molecule has 0 radical (unpaired) electrons. The lowest BCUT2D eigenvalue weighted by Gasteiger charge is -2.08. The molecule has 156 valence electrons. The number of carbonyl (C=O) groups is 1. The zero-order valence-electron chi connectivity index (χ0n) is 16.1. The number of hydrogen-bond donors (Lipinski definition) is 1. The van der Waals surface area contributed by atoms with Gasteiger partial charge in [0.2, 0.25) is 0 Å². The van der Waals surface area contributed by atoms with E-state index in [1.54, 1.807) is 54.9 Å². The van der Waals surface area contributed by atoms with Crippen LogP contribution in [-0.2, 0) is 12.6 Å². The minimum absolute atomic E-state index is 0.144. The van der Waals surface area contributed by atoms with Gasteiger partial charge in [-0.2, -0.15) is 13.2 Å². The molecule has 4 rings (SSSR count). The minimum Gasteiger partial charge on any atom is -0.321 e. The Morgan fingerprint density at radius 2 is 1.55 bits per heavy atom. The normalized spacial score (nSPS) is 11.3. The van der Waals surface area contributed by atoms with Gasteiger partial charge in [-0.25, -0.2) is 4.98 Å². The monoisotopic (exact) mass is 439 g/mol. The predicted molar refractivity (Wildman–Crippen MR) is 114 cm³/mol. The van der Waals surface area contributed by atoms with E-state index in [-0.39, 0.29) is 5.01 Å². The number of aromatic nitrogens is 2. The third-order valence-corrected chi connectivity index (χ3v) is 5.60. The Balaban J connectivity index is 1.54. The highest BCUT2D eigenvalue weighted by atomic mass is 32.1. The average Bonchev–Trinajstić information content (AvgIpc) is 3.23. The highest BCUT2D eigenvalue weighted by Crippen LogP contribution is 2.38. The molecular weight excluding hydrogens is 423 g/mol. The maximum absolute atomic E-state index is 13.5. The van der Waals surface area contributed by atoms with Gasteiger partial charge in [0.1, 0.15) is 9.88 Å². The quantitative estimate of drug-likeness (QED) is 0.411. The summed E-state index contributed by atoms with van der Waals surface area (Å²) in [5.74, 6) is -0.839. The van der Waals surface area contributed by atoms with Crippen LogP contribution in [0.25, 0.3) is 10.6 Å². The summed E-state index contributed by atoms with van der Waals surface area (Å²) < 4.78 is 40.5. The molecule has 0 saturated carbocycles. The lowest BCUT2D eigenvalue weighted by atomic mass is 10.1. The van der Waals surface area contributed by atoms with Crippen molar-refractivity contribution in [3.8, 4) is 10.6 Å². The Kier molecular flexibility index (Phi) is 5.81. The molecule has 0 atom stereocenters. The maximum Gasteiger partial charge on any atom is 0.435 e. The van der Waals surface area contributed by atoms with Gasteiger partial charge in [-0.05, 0) is 41.8 Å². The van der Waals surface area contributed by atoms with Gasteiger partial charge in [-0.3, -0.25) is 9.78 Å². The standard InChI is InChI=1S/C23H16F3N3OS/c24-23(25,26)20-19(31-22(29-20)17-4-2-1-3-5-17)21(30)28-18-8-6-15(7-9-18)14-16-10-12-27-13-11-16/h1-13H,14H2,(H,28,30). The summed E-state index contributed by atoms with van der Waals surface area (Å²) in [6.07, 6.45) is -0.628. The van der Waals surface area contributed by atoms with Crippen molar-refractivity contribution < 1.29 is 18.0 Å². The Hall–Kier alpha value is -3.52. The molecule has 0 aliphatic carbocycles. The number of rotatable bonds is 5. The predicted octanol–water partition coefficient (Wildman–Crippen LogP) is 6.07. The van der Waals surface area contributed by atoms with Crippen LogP contribution in [0, 0.1) is 0 Å². The van der Waals surface area contributed by atoms with Gasteiger partial charge < -0.3 is 5.32 Å². The molecule has 1 amide bonds. The summed E-state index contributed by atoms with van der Waals surface area (Å²) in [6.45, 7) is 0. The van der Waals surface area contributed by atoms with Crippen LogP contribution in [-0.4, -0.2) is 15.9 Å². The molecule has 0 aliphatic heterocycles. The molecule has 0 aliphatic rings. The van der Waals surface area contributed by atoms with Gasteiger partial charge in [-0.15, -0.1) is 11.3 Å².